The van der Waals surface area contributed by atoms with Crippen LogP contribution in [0.1, 0.15) is 56.5 Å². The molecule has 1 spiro atoms. The number of rotatable bonds is 8. The van der Waals surface area contributed by atoms with Crippen molar-refractivity contribution < 1.29 is 27.8 Å². The van der Waals surface area contributed by atoms with Gasteiger partial charge in [-0.05, 0) is 45.2 Å². The normalized spacial score (nSPS) is 21.1. The molecule has 2 aliphatic heterocycles. The van der Waals surface area contributed by atoms with Crippen LogP contribution in [0.5, 0.6) is 5.75 Å². The zero-order chi connectivity index (χ0) is 26.9. The molecule has 1 saturated carbocycles. The Bertz CT molecular complexity index is 1110. The molecule has 7 nitrogen and oxygen atoms in total. The molecule has 9 heteroatoms. The number of fused-ring (bicyclic) bond motifs is 1. The number of carbonyl (C=O) groups excluding carboxylic acids is 1. The van der Waals surface area contributed by atoms with Gasteiger partial charge in [-0.25, -0.2) is 13.6 Å². The standard InChI is InChI=1S/C29H37F2N3O4/c1-28(2,3)38-27(35)34-18-29(19-34)13-21(14-29)37-24-9-11-32-22-10-12-33(15-20-7-5-4-6-8-20)23(26(22)24)16-36-17-25(30)31/h4-9,11,21,23,25H,10,12-19H2,1-3H3. The van der Waals surface area contributed by atoms with Gasteiger partial charge in [0.15, 0.2) is 0 Å². The third-order valence-electron chi connectivity index (χ3n) is 7.51. The van der Waals surface area contributed by atoms with Gasteiger partial charge >= 0.3 is 6.09 Å². The largest absolute Gasteiger partial charge is 0.490 e. The SMILES string of the molecule is CC(C)(C)OC(=O)N1CC2(CC(Oc3ccnc4c3C(COCC(F)F)N(Cc3ccccc3)CC4)C2)C1. The van der Waals surface area contributed by atoms with E-state index in [9.17, 15) is 13.6 Å². The molecule has 0 N–H and O–H groups in total. The second-order valence-corrected chi connectivity index (χ2v) is 11.8. The van der Waals surface area contributed by atoms with E-state index in [2.05, 4.69) is 22.0 Å². The summed E-state index contributed by atoms with van der Waals surface area (Å²) in [4.78, 5) is 21.0. The van der Waals surface area contributed by atoms with Gasteiger partial charge in [0.25, 0.3) is 6.43 Å². The summed E-state index contributed by atoms with van der Waals surface area (Å²) in [6.45, 7) is 7.98. The van der Waals surface area contributed by atoms with E-state index in [1.165, 1.54) is 0 Å². The number of nitrogens with zero attached hydrogens (tertiary/aromatic N) is 3. The molecular weight excluding hydrogens is 492 g/mol. The van der Waals surface area contributed by atoms with E-state index in [1.807, 2.05) is 45.0 Å². The molecule has 1 aromatic heterocycles. The third kappa shape index (κ3) is 6.10. The highest BCUT2D eigenvalue weighted by molar-refractivity contribution is 5.69. The Morgan fingerprint density at radius 3 is 2.58 bits per heavy atom. The van der Waals surface area contributed by atoms with Crippen molar-refractivity contribution in [1.29, 1.82) is 0 Å². The zero-order valence-electron chi connectivity index (χ0n) is 22.4. The zero-order valence-corrected chi connectivity index (χ0v) is 22.4. The van der Waals surface area contributed by atoms with Crippen LogP contribution in [0.2, 0.25) is 0 Å². The molecule has 1 unspecified atom stereocenters. The van der Waals surface area contributed by atoms with E-state index >= 15 is 0 Å². The Morgan fingerprint density at radius 1 is 1.16 bits per heavy atom. The van der Waals surface area contributed by atoms with Crippen LogP contribution in [0, 0.1) is 5.41 Å². The van der Waals surface area contributed by atoms with Gasteiger partial charge in [-0.2, -0.15) is 0 Å². The topological polar surface area (TPSA) is 64.1 Å². The quantitative estimate of drug-likeness (QED) is 0.466. The number of pyridine rings is 1. The Balaban J connectivity index is 1.26. The van der Waals surface area contributed by atoms with Gasteiger partial charge in [0.05, 0.1) is 18.3 Å². The maximum atomic E-state index is 12.9. The van der Waals surface area contributed by atoms with Crippen molar-refractivity contribution in [3.63, 3.8) is 0 Å². The van der Waals surface area contributed by atoms with Gasteiger partial charge in [0.2, 0.25) is 0 Å². The van der Waals surface area contributed by atoms with E-state index in [0.717, 1.165) is 48.4 Å². The Morgan fingerprint density at radius 2 is 1.89 bits per heavy atom. The summed E-state index contributed by atoms with van der Waals surface area (Å²) >= 11 is 0. The molecule has 1 amide bonds. The van der Waals surface area contributed by atoms with Crippen molar-refractivity contribution in [3.8, 4) is 5.75 Å². The number of carbonyl (C=O) groups is 1. The molecule has 5 rings (SSSR count). The lowest BCUT2D eigenvalue weighted by molar-refractivity contribution is -0.117. The lowest BCUT2D eigenvalue weighted by Gasteiger charge is -2.58. The third-order valence-corrected chi connectivity index (χ3v) is 7.51. The van der Waals surface area contributed by atoms with Crippen LogP contribution in [0.3, 0.4) is 0 Å². The molecule has 0 bridgehead atoms. The van der Waals surface area contributed by atoms with E-state index in [0.29, 0.717) is 19.6 Å². The Kier molecular flexibility index (Phi) is 7.60. The number of hydrogen-bond acceptors (Lipinski definition) is 6. The molecule has 3 aliphatic rings. The van der Waals surface area contributed by atoms with Crippen LogP contribution in [-0.4, -0.2) is 71.9 Å². The first-order chi connectivity index (χ1) is 18.1. The highest BCUT2D eigenvalue weighted by atomic mass is 19.3. The number of halogens is 2. The number of aromatic nitrogens is 1. The summed E-state index contributed by atoms with van der Waals surface area (Å²) in [6.07, 6.45) is 1.51. The predicted octanol–water partition coefficient (Wildman–Crippen LogP) is 5.24. The molecule has 1 saturated heterocycles. The van der Waals surface area contributed by atoms with Gasteiger partial charge < -0.3 is 19.1 Å². The molecule has 1 aliphatic carbocycles. The number of likely N-dealkylation sites (tertiary alicyclic amines) is 1. The average Bonchev–Trinajstić information content (AvgIpc) is 2.80. The van der Waals surface area contributed by atoms with Crippen LogP contribution in [0.4, 0.5) is 13.6 Å². The lowest BCUT2D eigenvalue weighted by Crippen LogP contribution is -2.66. The maximum Gasteiger partial charge on any atom is 0.410 e. The summed E-state index contributed by atoms with van der Waals surface area (Å²) in [6, 6.07) is 11.8. The Labute approximate surface area is 223 Å². The summed E-state index contributed by atoms with van der Waals surface area (Å²) < 4.78 is 43.2. The second kappa shape index (κ2) is 10.8. The van der Waals surface area contributed by atoms with Crippen molar-refractivity contribution in [1.82, 2.24) is 14.8 Å². The molecule has 206 valence electrons. The molecule has 38 heavy (non-hydrogen) atoms. The smallest absolute Gasteiger partial charge is 0.410 e. The first-order valence-corrected chi connectivity index (χ1v) is 13.4. The minimum Gasteiger partial charge on any atom is -0.490 e. The number of alkyl halides is 2. The van der Waals surface area contributed by atoms with Crippen molar-refractivity contribution >= 4 is 6.09 Å². The first kappa shape index (κ1) is 26.8. The first-order valence-electron chi connectivity index (χ1n) is 13.4. The van der Waals surface area contributed by atoms with Crippen LogP contribution in [0.15, 0.2) is 42.6 Å². The molecule has 1 atom stereocenters. The van der Waals surface area contributed by atoms with E-state index in [-0.39, 0.29) is 30.3 Å². The van der Waals surface area contributed by atoms with Crippen molar-refractivity contribution in [3.05, 3.63) is 59.4 Å². The minimum atomic E-state index is -2.51. The fourth-order valence-corrected chi connectivity index (χ4v) is 5.85. The predicted molar refractivity (Wildman–Crippen MR) is 138 cm³/mol. The lowest BCUT2D eigenvalue weighted by atomic mass is 9.62. The van der Waals surface area contributed by atoms with Crippen molar-refractivity contribution in [2.45, 2.75) is 70.8 Å². The van der Waals surface area contributed by atoms with Crippen LogP contribution in [0.25, 0.3) is 0 Å². The number of benzene rings is 1. The maximum absolute atomic E-state index is 12.9. The van der Waals surface area contributed by atoms with Crippen molar-refractivity contribution in [2.75, 3.05) is 32.8 Å². The van der Waals surface area contributed by atoms with Crippen LogP contribution < -0.4 is 4.74 Å². The summed E-state index contributed by atoms with van der Waals surface area (Å²) in [5.41, 5.74) is 2.62. The van der Waals surface area contributed by atoms with E-state index in [4.69, 9.17) is 14.2 Å². The Hall–Kier alpha value is -2.78. The summed E-state index contributed by atoms with van der Waals surface area (Å²) in [5, 5.41) is 0. The minimum absolute atomic E-state index is 0.0365. The van der Waals surface area contributed by atoms with Gasteiger partial charge in [-0.15, -0.1) is 0 Å². The van der Waals surface area contributed by atoms with Crippen LogP contribution in [-0.2, 0) is 22.4 Å². The van der Waals surface area contributed by atoms with Gasteiger partial charge in [-0.1, -0.05) is 30.3 Å². The van der Waals surface area contributed by atoms with Crippen LogP contribution >= 0.6 is 0 Å². The molecule has 3 heterocycles. The fourth-order valence-electron chi connectivity index (χ4n) is 5.85. The van der Waals surface area contributed by atoms with Gasteiger partial charge in [0.1, 0.15) is 24.1 Å². The van der Waals surface area contributed by atoms with E-state index in [1.54, 1.807) is 11.1 Å². The molecule has 1 aromatic carbocycles. The monoisotopic (exact) mass is 529 g/mol. The number of ether oxygens (including phenoxy) is 3. The molecule has 2 aromatic rings. The molecular formula is C29H37F2N3O4. The van der Waals surface area contributed by atoms with Gasteiger partial charge in [0, 0.05) is 49.8 Å². The second-order valence-electron chi connectivity index (χ2n) is 11.8. The van der Waals surface area contributed by atoms with E-state index < -0.39 is 18.6 Å². The average molecular weight is 530 g/mol. The molecule has 2 fully saturated rings. The molecule has 0 radical (unpaired) electrons. The number of amides is 1. The highest BCUT2D eigenvalue weighted by Crippen LogP contribution is 2.50. The summed E-state index contributed by atoms with van der Waals surface area (Å²) in [5.74, 6) is 0.751. The fraction of sp³-hybridized carbons (Fsp3) is 0.586. The van der Waals surface area contributed by atoms with Gasteiger partial charge in [-0.3, -0.25) is 9.88 Å². The highest BCUT2D eigenvalue weighted by Gasteiger charge is 2.55. The summed E-state index contributed by atoms with van der Waals surface area (Å²) in [7, 11) is 0. The van der Waals surface area contributed by atoms with Crippen molar-refractivity contribution in [2.24, 2.45) is 5.41 Å². The number of hydrogen-bond donors (Lipinski definition) is 0.